The number of nitrogens with zero attached hydrogens (tertiary/aromatic N) is 2. The Bertz CT molecular complexity index is 306. The predicted molar refractivity (Wildman–Crippen MR) is 72.5 cm³/mol. The lowest BCUT2D eigenvalue weighted by molar-refractivity contribution is 0.0574. The van der Waals surface area contributed by atoms with Gasteiger partial charge in [-0.05, 0) is 51.6 Å². The van der Waals surface area contributed by atoms with Crippen molar-refractivity contribution in [2.45, 2.75) is 58.5 Å². The number of epoxide rings is 1. The summed E-state index contributed by atoms with van der Waals surface area (Å²) in [7, 11) is 0. The van der Waals surface area contributed by atoms with Crippen LogP contribution >= 0.6 is 0 Å². The normalized spacial score (nSPS) is 40.0. The molecule has 18 heavy (non-hydrogen) atoms. The molecule has 104 valence electrons. The van der Waals surface area contributed by atoms with Gasteiger partial charge in [-0.1, -0.05) is 19.0 Å². The second-order valence-corrected chi connectivity index (χ2v) is 6.12. The van der Waals surface area contributed by atoms with Crippen LogP contribution in [-0.4, -0.2) is 42.6 Å². The van der Waals surface area contributed by atoms with Crippen LogP contribution in [0.2, 0.25) is 0 Å². The minimum atomic E-state index is -0.143. The van der Waals surface area contributed by atoms with Gasteiger partial charge in [0.25, 0.3) is 6.29 Å². The Balaban J connectivity index is 1.99. The summed E-state index contributed by atoms with van der Waals surface area (Å²) in [5, 5.41) is 3.46. The third-order valence-electron chi connectivity index (χ3n) is 4.95. The number of likely N-dealkylation sites (tertiary alicyclic amines) is 1. The highest BCUT2D eigenvalue weighted by Gasteiger charge is 2.50. The highest BCUT2D eigenvalue weighted by atomic mass is 16.8. The van der Waals surface area contributed by atoms with E-state index in [0.717, 1.165) is 13.1 Å². The summed E-state index contributed by atoms with van der Waals surface area (Å²) in [6, 6.07) is 0. The Morgan fingerprint density at radius 1 is 1.50 bits per heavy atom. The summed E-state index contributed by atoms with van der Waals surface area (Å²) >= 11 is 0. The molecule has 2 fully saturated rings. The van der Waals surface area contributed by atoms with Gasteiger partial charge in [0.15, 0.2) is 0 Å². The molecule has 4 heteroatoms. The van der Waals surface area contributed by atoms with Gasteiger partial charge in [-0.25, -0.2) is 0 Å². The smallest absolute Gasteiger partial charge is 0.254 e. The van der Waals surface area contributed by atoms with E-state index in [1.165, 1.54) is 12.8 Å². The third-order valence-corrected chi connectivity index (χ3v) is 4.95. The van der Waals surface area contributed by atoms with Crippen LogP contribution in [0.4, 0.5) is 0 Å². The lowest BCUT2D eigenvalue weighted by atomic mass is 9.81. The maximum absolute atomic E-state index is 5.56. The molecule has 0 spiro atoms. The van der Waals surface area contributed by atoms with Crippen LogP contribution in [-0.2, 0) is 9.57 Å². The van der Waals surface area contributed by atoms with E-state index in [-0.39, 0.29) is 17.9 Å². The fourth-order valence-electron chi connectivity index (χ4n) is 3.25. The van der Waals surface area contributed by atoms with Crippen molar-refractivity contribution >= 4 is 6.72 Å². The molecule has 0 aliphatic carbocycles. The van der Waals surface area contributed by atoms with E-state index in [2.05, 4.69) is 44.5 Å². The fourth-order valence-corrected chi connectivity index (χ4v) is 3.25. The van der Waals surface area contributed by atoms with Gasteiger partial charge in [-0.3, -0.25) is 4.90 Å². The van der Waals surface area contributed by atoms with E-state index in [1.807, 2.05) is 0 Å². The Kier molecular flexibility index (Phi) is 3.97. The van der Waals surface area contributed by atoms with Gasteiger partial charge in [-0.15, -0.1) is 0 Å². The number of ether oxygens (including phenoxy) is 1. The van der Waals surface area contributed by atoms with Gasteiger partial charge in [-0.2, -0.15) is 0 Å². The molecule has 2 aliphatic rings. The average Bonchev–Trinajstić information content (AvgIpc) is 3.07. The summed E-state index contributed by atoms with van der Waals surface area (Å²) in [5.74, 6) is 1.24. The van der Waals surface area contributed by atoms with E-state index < -0.39 is 0 Å². The average molecular weight is 254 g/mol. The van der Waals surface area contributed by atoms with Crippen molar-refractivity contribution in [1.29, 1.82) is 0 Å². The molecule has 2 saturated heterocycles. The van der Waals surface area contributed by atoms with Crippen LogP contribution in [0.15, 0.2) is 5.16 Å². The molecular formula is C14H26N2O2. The maximum atomic E-state index is 5.56. The molecule has 0 aromatic carbocycles. The third kappa shape index (κ3) is 2.54. The second kappa shape index (κ2) is 5.17. The molecule has 4 nitrogen and oxygen atoms in total. The van der Waals surface area contributed by atoms with Crippen LogP contribution in [0.5, 0.6) is 0 Å². The van der Waals surface area contributed by atoms with Crippen molar-refractivity contribution in [2.24, 2.45) is 17.0 Å². The lowest BCUT2D eigenvalue weighted by Gasteiger charge is -2.40. The van der Waals surface area contributed by atoms with Gasteiger partial charge >= 0.3 is 0 Å². The first-order valence-electron chi connectivity index (χ1n) is 7.03. The van der Waals surface area contributed by atoms with Crippen LogP contribution in [0.1, 0.15) is 40.5 Å². The Labute approximate surface area is 110 Å². The highest BCUT2D eigenvalue weighted by Crippen LogP contribution is 2.42. The minimum Gasteiger partial charge on any atom is -0.361 e. The Morgan fingerprint density at radius 2 is 2.22 bits per heavy atom. The standard InChI is InChI=1S/C14H26N2O2/c1-6-16-8-7-11(9-10(2)14(16,3)4)12-13(17-12)18-15-5/h10-13H,5-9H2,1-4H3. The van der Waals surface area contributed by atoms with Gasteiger partial charge in [0, 0.05) is 12.3 Å². The largest absolute Gasteiger partial charge is 0.361 e. The van der Waals surface area contributed by atoms with E-state index in [1.54, 1.807) is 0 Å². The topological polar surface area (TPSA) is 37.4 Å². The lowest BCUT2D eigenvalue weighted by Crippen LogP contribution is -2.47. The molecule has 2 aliphatic heterocycles. The van der Waals surface area contributed by atoms with E-state index in [0.29, 0.717) is 11.8 Å². The predicted octanol–water partition coefficient (Wildman–Crippen LogP) is 2.49. The zero-order chi connectivity index (χ0) is 13.3. The van der Waals surface area contributed by atoms with E-state index in [9.17, 15) is 0 Å². The van der Waals surface area contributed by atoms with Crippen molar-refractivity contribution in [3.63, 3.8) is 0 Å². The van der Waals surface area contributed by atoms with Crippen LogP contribution in [0.25, 0.3) is 0 Å². The quantitative estimate of drug-likeness (QED) is 0.439. The number of hydrogen-bond acceptors (Lipinski definition) is 4. The van der Waals surface area contributed by atoms with E-state index >= 15 is 0 Å². The first kappa shape index (κ1) is 13.8. The molecule has 0 N–H and O–H groups in total. The molecular weight excluding hydrogens is 228 g/mol. The molecule has 4 unspecified atom stereocenters. The van der Waals surface area contributed by atoms with Crippen LogP contribution in [0, 0.1) is 11.8 Å². The fraction of sp³-hybridized carbons (Fsp3) is 0.929. The maximum Gasteiger partial charge on any atom is 0.254 e. The van der Waals surface area contributed by atoms with Crippen molar-refractivity contribution < 1.29 is 9.57 Å². The summed E-state index contributed by atoms with van der Waals surface area (Å²) in [6.45, 7) is 14.9. The first-order valence-corrected chi connectivity index (χ1v) is 7.03. The van der Waals surface area contributed by atoms with E-state index in [4.69, 9.17) is 9.57 Å². The van der Waals surface area contributed by atoms with Crippen molar-refractivity contribution in [1.82, 2.24) is 4.90 Å². The van der Waals surface area contributed by atoms with Crippen molar-refractivity contribution in [3.8, 4) is 0 Å². The Hall–Kier alpha value is -0.610. The van der Waals surface area contributed by atoms with Crippen LogP contribution < -0.4 is 0 Å². The minimum absolute atomic E-state index is 0.143. The zero-order valence-electron chi connectivity index (χ0n) is 12.1. The molecule has 2 heterocycles. The van der Waals surface area contributed by atoms with Gasteiger partial charge in [0.1, 0.15) is 6.10 Å². The first-order chi connectivity index (χ1) is 8.50. The summed E-state index contributed by atoms with van der Waals surface area (Å²) < 4.78 is 5.56. The highest BCUT2D eigenvalue weighted by molar-refractivity contribution is 5.21. The SMILES string of the molecule is C=NOC1OC1C1CCN(CC)C(C)(C)C(C)C1. The van der Waals surface area contributed by atoms with Gasteiger partial charge in [0.2, 0.25) is 0 Å². The number of hydrogen-bond donors (Lipinski definition) is 0. The molecule has 4 atom stereocenters. The molecule has 0 saturated carbocycles. The molecule has 0 bridgehead atoms. The molecule has 0 aromatic rings. The molecule has 0 radical (unpaired) electrons. The Morgan fingerprint density at radius 3 is 2.83 bits per heavy atom. The van der Waals surface area contributed by atoms with Crippen LogP contribution in [0.3, 0.4) is 0 Å². The van der Waals surface area contributed by atoms with Gasteiger partial charge in [0.05, 0.1) is 0 Å². The van der Waals surface area contributed by atoms with Crippen molar-refractivity contribution in [3.05, 3.63) is 0 Å². The van der Waals surface area contributed by atoms with Crippen molar-refractivity contribution in [2.75, 3.05) is 13.1 Å². The second-order valence-electron chi connectivity index (χ2n) is 6.12. The summed E-state index contributed by atoms with van der Waals surface area (Å²) in [6.07, 6.45) is 2.47. The van der Waals surface area contributed by atoms with Gasteiger partial charge < -0.3 is 9.57 Å². The number of rotatable bonds is 4. The zero-order valence-corrected chi connectivity index (χ0v) is 12.1. The molecule has 0 amide bonds. The summed E-state index contributed by atoms with van der Waals surface area (Å²) in [5.41, 5.74) is 0.269. The monoisotopic (exact) mass is 254 g/mol. The molecule has 2 rings (SSSR count). The summed E-state index contributed by atoms with van der Waals surface area (Å²) in [4.78, 5) is 7.66. The number of oxime groups is 1. The molecule has 0 aromatic heterocycles.